The molecule has 2 unspecified atom stereocenters. The van der Waals surface area contributed by atoms with Crippen LogP contribution in [0.15, 0.2) is 35.7 Å². The summed E-state index contributed by atoms with van der Waals surface area (Å²) >= 11 is 0. The van der Waals surface area contributed by atoms with Gasteiger partial charge in [-0.2, -0.15) is 0 Å². The molecule has 0 spiro atoms. The second kappa shape index (κ2) is 5.27. The number of hydrogen-bond acceptors (Lipinski definition) is 1. The molecule has 108 valence electrons. The smallest absolute Gasteiger partial charge is 0.0898 e. The minimum atomic E-state index is -1.01. The summed E-state index contributed by atoms with van der Waals surface area (Å²) in [7, 11) is -1.01. The molecule has 0 bridgehead atoms. The molecule has 0 saturated carbocycles. The van der Waals surface area contributed by atoms with Gasteiger partial charge in [0.15, 0.2) is 0 Å². The standard InChI is InChI=1S/C19H20OS/c1-12-11-13(2)15(4)18(14(12)3)19-17-8-6-5-7-16(17)9-10-21(19)20/h5-11,19H,1-4H3. The lowest BCUT2D eigenvalue weighted by Gasteiger charge is -2.26. The van der Waals surface area contributed by atoms with Crippen LogP contribution in [0.5, 0.6) is 0 Å². The van der Waals surface area contributed by atoms with Crippen molar-refractivity contribution in [3.8, 4) is 0 Å². The van der Waals surface area contributed by atoms with Gasteiger partial charge in [-0.05, 0) is 72.7 Å². The highest BCUT2D eigenvalue weighted by atomic mass is 32.2. The van der Waals surface area contributed by atoms with Crippen LogP contribution in [0, 0.1) is 27.7 Å². The summed E-state index contributed by atoms with van der Waals surface area (Å²) < 4.78 is 12.7. The Morgan fingerprint density at radius 3 is 2.24 bits per heavy atom. The van der Waals surface area contributed by atoms with Gasteiger partial charge in [0.25, 0.3) is 0 Å². The van der Waals surface area contributed by atoms with Crippen LogP contribution in [0.4, 0.5) is 0 Å². The van der Waals surface area contributed by atoms with E-state index >= 15 is 0 Å². The lowest BCUT2D eigenvalue weighted by Crippen LogP contribution is -2.15. The molecule has 1 aliphatic rings. The molecule has 1 nitrogen and oxygen atoms in total. The molecule has 0 saturated heterocycles. The van der Waals surface area contributed by atoms with Gasteiger partial charge in [0.1, 0.15) is 0 Å². The Balaban J connectivity index is 2.30. The van der Waals surface area contributed by atoms with Crippen molar-refractivity contribution in [1.82, 2.24) is 0 Å². The number of rotatable bonds is 1. The Morgan fingerprint density at radius 1 is 0.952 bits per heavy atom. The van der Waals surface area contributed by atoms with Crippen molar-refractivity contribution < 1.29 is 4.21 Å². The van der Waals surface area contributed by atoms with Crippen molar-refractivity contribution in [2.24, 2.45) is 0 Å². The van der Waals surface area contributed by atoms with Crippen LogP contribution in [0.3, 0.4) is 0 Å². The minimum absolute atomic E-state index is 0.0511. The topological polar surface area (TPSA) is 17.1 Å². The molecule has 2 aromatic rings. The van der Waals surface area contributed by atoms with Crippen molar-refractivity contribution in [2.75, 3.05) is 0 Å². The molecule has 0 aliphatic carbocycles. The van der Waals surface area contributed by atoms with Gasteiger partial charge in [-0.15, -0.1) is 0 Å². The zero-order valence-corrected chi connectivity index (χ0v) is 13.8. The van der Waals surface area contributed by atoms with Gasteiger partial charge < -0.3 is 0 Å². The highest BCUT2D eigenvalue weighted by molar-refractivity contribution is 7.88. The molecule has 2 aromatic carbocycles. The molecule has 0 aromatic heterocycles. The number of fused-ring (bicyclic) bond motifs is 1. The largest absolute Gasteiger partial charge is 0.254 e. The van der Waals surface area contributed by atoms with Crippen molar-refractivity contribution >= 4 is 16.9 Å². The first-order chi connectivity index (χ1) is 10.0. The average molecular weight is 296 g/mol. The Hall–Kier alpha value is -1.67. The van der Waals surface area contributed by atoms with Crippen LogP contribution in [-0.2, 0) is 10.8 Å². The first kappa shape index (κ1) is 14.3. The molecule has 0 fully saturated rings. The third-order valence-electron chi connectivity index (χ3n) is 4.58. The second-order valence-corrected chi connectivity index (χ2v) is 7.21. The first-order valence-electron chi connectivity index (χ1n) is 7.24. The molecular formula is C19H20OS. The third kappa shape index (κ3) is 2.28. The van der Waals surface area contributed by atoms with Crippen LogP contribution in [0.25, 0.3) is 6.08 Å². The van der Waals surface area contributed by atoms with E-state index in [1.165, 1.54) is 38.9 Å². The fourth-order valence-electron chi connectivity index (χ4n) is 3.16. The third-order valence-corrected chi connectivity index (χ3v) is 5.94. The predicted octanol–water partition coefficient (Wildman–Crippen LogP) is 4.74. The lowest BCUT2D eigenvalue weighted by atomic mass is 9.88. The highest BCUT2D eigenvalue weighted by Gasteiger charge is 2.28. The van der Waals surface area contributed by atoms with Gasteiger partial charge in [0, 0.05) is 5.41 Å². The first-order valence-corrected chi connectivity index (χ1v) is 8.52. The van der Waals surface area contributed by atoms with Crippen molar-refractivity contribution in [1.29, 1.82) is 0 Å². The highest BCUT2D eigenvalue weighted by Crippen LogP contribution is 2.39. The lowest BCUT2D eigenvalue weighted by molar-refractivity contribution is 0.683. The van der Waals surface area contributed by atoms with E-state index < -0.39 is 10.8 Å². The normalized spacial score (nSPS) is 20.4. The van der Waals surface area contributed by atoms with E-state index in [9.17, 15) is 4.21 Å². The summed E-state index contributed by atoms with van der Waals surface area (Å²) in [4.78, 5) is 0. The quantitative estimate of drug-likeness (QED) is 0.742. The summed E-state index contributed by atoms with van der Waals surface area (Å²) in [5.41, 5.74) is 8.68. The Bertz CT molecular complexity index is 745. The molecular weight excluding hydrogens is 276 g/mol. The number of benzene rings is 2. The fourth-order valence-corrected chi connectivity index (χ4v) is 4.65. The molecule has 2 heteroatoms. The van der Waals surface area contributed by atoms with Crippen molar-refractivity contribution in [2.45, 2.75) is 32.9 Å². The van der Waals surface area contributed by atoms with Crippen LogP contribution in [0.2, 0.25) is 0 Å². The zero-order valence-electron chi connectivity index (χ0n) is 12.9. The summed E-state index contributed by atoms with van der Waals surface area (Å²) in [6.45, 7) is 8.57. The van der Waals surface area contributed by atoms with Crippen LogP contribution < -0.4 is 0 Å². The molecule has 21 heavy (non-hydrogen) atoms. The van der Waals surface area contributed by atoms with Gasteiger partial charge in [-0.25, -0.2) is 0 Å². The maximum atomic E-state index is 12.7. The van der Waals surface area contributed by atoms with E-state index in [0.717, 1.165) is 0 Å². The second-order valence-electron chi connectivity index (χ2n) is 5.81. The molecule has 1 heterocycles. The molecule has 0 amide bonds. The maximum Gasteiger partial charge on any atom is 0.0898 e. The van der Waals surface area contributed by atoms with Crippen LogP contribution in [0.1, 0.15) is 44.2 Å². The fraction of sp³-hybridized carbons (Fsp3) is 0.263. The monoisotopic (exact) mass is 296 g/mol. The molecule has 0 radical (unpaired) electrons. The maximum absolute atomic E-state index is 12.7. The van der Waals surface area contributed by atoms with Gasteiger partial charge in [0.05, 0.1) is 16.0 Å². The van der Waals surface area contributed by atoms with Crippen molar-refractivity contribution in [3.05, 3.63) is 74.7 Å². The Kier molecular flexibility index (Phi) is 3.58. The van der Waals surface area contributed by atoms with Gasteiger partial charge in [-0.3, -0.25) is 4.21 Å². The van der Waals surface area contributed by atoms with E-state index in [-0.39, 0.29) is 5.25 Å². The SMILES string of the molecule is Cc1cc(C)c(C)c(C2c3ccccc3C=CS2=O)c1C. The summed E-state index contributed by atoms with van der Waals surface area (Å²) in [6, 6.07) is 10.5. The van der Waals surface area contributed by atoms with E-state index in [2.05, 4.69) is 45.9 Å². The Morgan fingerprint density at radius 2 is 1.57 bits per heavy atom. The van der Waals surface area contributed by atoms with Gasteiger partial charge >= 0.3 is 0 Å². The molecule has 0 N–H and O–H groups in total. The summed E-state index contributed by atoms with van der Waals surface area (Å²) in [5.74, 6) is 0. The van der Waals surface area contributed by atoms with E-state index in [1.807, 2.05) is 23.6 Å². The van der Waals surface area contributed by atoms with Crippen LogP contribution in [-0.4, -0.2) is 4.21 Å². The Labute approximate surface area is 129 Å². The van der Waals surface area contributed by atoms with Crippen LogP contribution >= 0.6 is 0 Å². The molecule has 2 atom stereocenters. The zero-order chi connectivity index (χ0) is 15.1. The van der Waals surface area contributed by atoms with Crippen molar-refractivity contribution in [3.63, 3.8) is 0 Å². The van der Waals surface area contributed by atoms with Gasteiger partial charge in [0.2, 0.25) is 0 Å². The van der Waals surface area contributed by atoms with E-state index in [1.54, 1.807) is 0 Å². The number of aryl methyl sites for hydroxylation is 2. The van der Waals surface area contributed by atoms with Gasteiger partial charge in [-0.1, -0.05) is 30.3 Å². The predicted molar refractivity (Wildman–Crippen MR) is 90.9 cm³/mol. The summed E-state index contributed by atoms with van der Waals surface area (Å²) in [5, 5.41) is 1.79. The number of hydrogen-bond donors (Lipinski definition) is 0. The average Bonchev–Trinajstić information content (AvgIpc) is 2.47. The minimum Gasteiger partial charge on any atom is -0.254 e. The van der Waals surface area contributed by atoms with E-state index in [0.29, 0.717) is 0 Å². The van der Waals surface area contributed by atoms with E-state index in [4.69, 9.17) is 0 Å². The molecule has 3 rings (SSSR count). The molecule has 1 aliphatic heterocycles. The summed E-state index contributed by atoms with van der Waals surface area (Å²) in [6.07, 6.45) is 1.98.